The minimum absolute atomic E-state index is 0.0354. The van der Waals surface area contributed by atoms with Crippen molar-refractivity contribution in [3.8, 4) is 0 Å². The predicted octanol–water partition coefficient (Wildman–Crippen LogP) is 0.648. The Morgan fingerprint density at radius 3 is 2.27 bits per heavy atom. The Morgan fingerprint density at radius 2 is 1.68 bits per heavy atom. The molecule has 1 saturated carbocycles. The molecule has 6 heteroatoms. The van der Waals surface area contributed by atoms with E-state index in [1.807, 2.05) is 0 Å². The van der Waals surface area contributed by atoms with Gasteiger partial charge in [0.1, 0.15) is 0 Å². The van der Waals surface area contributed by atoms with Crippen LogP contribution in [0, 0.1) is 5.92 Å². The maximum Gasteiger partial charge on any atom is 0.241 e. The molecule has 0 atom stereocenters. The summed E-state index contributed by atoms with van der Waals surface area (Å²) in [5.74, 6) is 0.507. The van der Waals surface area contributed by atoms with E-state index in [4.69, 9.17) is 10.5 Å². The molecular formula is C16H29N3O3. The lowest BCUT2D eigenvalue weighted by atomic mass is 9.88. The molecule has 126 valence electrons. The summed E-state index contributed by atoms with van der Waals surface area (Å²) in [4.78, 5) is 24.9. The molecule has 22 heavy (non-hydrogen) atoms. The van der Waals surface area contributed by atoms with Gasteiger partial charge in [-0.1, -0.05) is 6.92 Å². The first-order chi connectivity index (χ1) is 10.6. The molecule has 1 heterocycles. The van der Waals surface area contributed by atoms with Crippen LogP contribution in [-0.2, 0) is 14.3 Å². The highest BCUT2D eigenvalue weighted by Gasteiger charge is 2.27. The monoisotopic (exact) mass is 311 g/mol. The highest BCUT2D eigenvalue weighted by Crippen LogP contribution is 2.28. The van der Waals surface area contributed by atoms with Crippen LogP contribution in [0.25, 0.3) is 0 Å². The van der Waals surface area contributed by atoms with Crippen molar-refractivity contribution in [1.82, 2.24) is 10.2 Å². The third kappa shape index (κ3) is 5.25. The molecule has 0 aromatic carbocycles. The SMILES string of the molecule is CC1CCC(OC2CCN(C(=O)CNC(=O)CN)CC2)CC1. The van der Waals surface area contributed by atoms with Crippen LogP contribution < -0.4 is 11.1 Å². The van der Waals surface area contributed by atoms with Crippen molar-refractivity contribution < 1.29 is 14.3 Å². The number of nitrogens with zero attached hydrogens (tertiary/aromatic N) is 1. The van der Waals surface area contributed by atoms with E-state index in [1.165, 1.54) is 25.7 Å². The Hall–Kier alpha value is -1.14. The molecule has 0 radical (unpaired) electrons. The van der Waals surface area contributed by atoms with E-state index in [1.54, 1.807) is 4.90 Å². The molecular weight excluding hydrogens is 282 g/mol. The quantitative estimate of drug-likeness (QED) is 0.780. The Morgan fingerprint density at radius 1 is 1.09 bits per heavy atom. The van der Waals surface area contributed by atoms with Gasteiger partial charge in [-0.15, -0.1) is 0 Å². The molecule has 1 aliphatic carbocycles. The molecule has 6 nitrogen and oxygen atoms in total. The van der Waals surface area contributed by atoms with Crippen molar-refractivity contribution in [2.75, 3.05) is 26.2 Å². The van der Waals surface area contributed by atoms with Crippen LogP contribution in [0.5, 0.6) is 0 Å². The fourth-order valence-corrected chi connectivity index (χ4v) is 3.24. The molecule has 2 aliphatic rings. The number of nitrogens with two attached hydrogens (primary N) is 1. The van der Waals surface area contributed by atoms with E-state index >= 15 is 0 Å². The summed E-state index contributed by atoms with van der Waals surface area (Å²) in [5.41, 5.74) is 5.20. The average molecular weight is 311 g/mol. The summed E-state index contributed by atoms with van der Waals surface area (Å²) < 4.78 is 6.20. The van der Waals surface area contributed by atoms with Gasteiger partial charge in [-0.25, -0.2) is 0 Å². The van der Waals surface area contributed by atoms with Crippen LogP contribution in [0.1, 0.15) is 45.4 Å². The fraction of sp³-hybridized carbons (Fsp3) is 0.875. The van der Waals surface area contributed by atoms with Crippen molar-refractivity contribution in [2.45, 2.75) is 57.7 Å². The first-order valence-corrected chi connectivity index (χ1v) is 8.48. The predicted molar refractivity (Wildman–Crippen MR) is 84.2 cm³/mol. The van der Waals surface area contributed by atoms with E-state index < -0.39 is 0 Å². The Balaban J connectivity index is 1.65. The number of hydrogen-bond acceptors (Lipinski definition) is 4. The lowest BCUT2D eigenvalue weighted by Crippen LogP contribution is -2.46. The lowest BCUT2D eigenvalue weighted by molar-refractivity contribution is -0.136. The van der Waals surface area contributed by atoms with Crippen LogP contribution in [0.3, 0.4) is 0 Å². The van der Waals surface area contributed by atoms with Gasteiger partial charge >= 0.3 is 0 Å². The molecule has 0 spiro atoms. The summed E-state index contributed by atoms with van der Waals surface area (Å²) in [5, 5.41) is 2.52. The second-order valence-corrected chi connectivity index (χ2v) is 6.58. The number of ether oxygens (including phenoxy) is 1. The number of carbonyl (C=O) groups excluding carboxylic acids is 2. The standard InChI is InChI=1S/C16H29N3O3/c1-12-2-4-13(5-3-12)22-14-6-8-19(9-7-14)16(21)11-18-15(20)10-17/h12-14H,2-11,17H2,1H3,(H,18,20). The van der Waals surface area contributed by atoms with E-state index in [9.17, 15) is 9.59 Å². The second-order valence-electron chi connectivity index (χ2n) is 6.58. The maximum atomic E-state index is 12.0. The number of likely N-dealkylation sites (tertiary alicyclic amines) is 1. The van der Waals surface area contributed by atoms with Crippen LogP contribution in [0.15, 0.2) is 0 Å². The van der Waals surface area contributed by atoms with Crippen molar-refractivity contribution in [3.05, 3.63) is 0 Å². The molecule has 2 fully saturated rings. The molecule has 1 saturated heterocycles. The molecule has 2 amide bonds. The summed E-state index contributed by atoms with van der Waals surface area (Å²) in [6.07, 6.45) is 7.35. The summed E-state index contributed by atoms with van der Waals surface area (Å²) in [6, 6.07) is 0. The number of piperidine rings is 1. The van der Waals surface area contributed by atoms with Crippen molar-refractivity contribution in [3.63, 3.8) is 0 Å². The van der Waals surface area contributed by atoms with Crippen molar-refractivity contribution in [2.24, 2.45) is 11.7 Å². The van der Waals surface area contributed by atoms with Gasteiger partial charge in [-0.3, -0.25) is 9.59 Å². The van der Waals surface area contributed by atoms with Gasteiger partial charge in [0, 0.05) is 13.1 Å². The van der Waals surface area contributed by atoms with Crippen molar-refractivity contribution in [1.29, 1.82) is 0 Å². The number of nitrogens with one attached hydrogen (secondary N) is 1. The largest absolute Gasteiger partial charge is 0.375 e. The summed E-state index contributed by atoms with van der Waals surface area (Å²) in [6.45, 7) is 3.70. The van der Waals surface area contributed by atoms with Gasteiger partial charge in [-0.05, 0) is 44.4 Å². The van der Waals surface area contributed by atoms with Crippen LogP contribution in [0.4, 0.5) is 0 Å². The highest BCUT2D eigenvalue weighted by molar-refractivity contribution is 5.85. The number of hydrogen-bond donors (Lipinski definition) is 2. The van der Waals surface area contributed by atoms with Crippen LogP contribution in [-0.4, -0.2) is 55.1 Å². The molecule has 0 aromatic rings. The first kappa shape index (κ1) is 17.2. The highest BCUT2D eigenvalue weighted by atomic mass is 16.5. The first-order valence-electron chi connectivity index (χ1n) is 8.48. The minimum Gasteiger partial charge on any atom is -0.375 e. The third-order valence-corrected chi connectivity index (χ3v) is 4.76. The molecule has 1 aliphatic heterocycles. The molecule has 0 unspecified atom stereocenters. The lowest BCUT2D eigenvalue weighted by Gasteiger charge is -2.35. The zero-order valence-electron chi connectivity index (χ0n) is 13.6. The van der Waals surface area contributed by atoms with Crippen LogP contribution in [0.2, 0.25) is 0 Å². The normalized spacial score (nSPS) is 26.7. The number of rotatable bonds is 5. The van der Waals surface area contributed by atoms with E-state index in [-0.39, 0.29) is 31.0 Å². The maximum absolute atomic E-state index is 12.0. The minimum atomic E-state index is -0.293. The van der Waals surface area contributed by atoms with E-state index in [2.05, 4.69) is 12.2 Å². The van der Waals surface area contributed by atoms with Gasteiger partial charge in [0.05, 0.1) is 25.3 Å². The molecule has 0 aromatic heterocycles. The Kier molecular flexibility index (Phi) is 6.64. The molecule has 3 N–H and O–H groups in total. The van der Waals surface area contributed by atoms with Crippen LogP contribution >= 0.6 is 0 Å². The van der Waals surface area contributed by atoms with Gasteiger partial charge in [0.15, 0.2) is 0 Å². The van der Waals surface area contributed by atoms with Gasteiger partial charge in [0.25, 0.3) is 0 Å². The summed E-state index contributed by atoms with van der Waals surface area (Å²) in [7, 11) is 0. The molecule has 0 bridgehead atoms. The fourth-order valence-electron chi connectivity index (χ4n) is 3.24. The van der Waals surface area contributed by atoms with E-state index in [0.29, 0.717) is 19.2 Å². The smallest absolute Gasteiger partial charge is 0.241 e. The zero-order valence-corrected chi connectivity index (χ0v) is 13.6. The Bertz CT molecular complexity index is 373. The second kappa shape index (κ2) is 8.48. The van der Waals surface area contributed by atoms with Gasteiger partial charge in [0.2, 0.25) is 11.8 Å². The third-order valence-electron chi connectivity index (χ3n) is 4.76. The van der Waals surface area contributed by atoms with Crippen molar-refractivity contribution >= 4 is 11.8 Å². The average Bonchev–Trinajstić information content (AvgIpc) is 2.55. The summed E-state index contributed by atoms with van der Waals surface area (Å²) >= 11 is 0. The molecule has 2 rings (SSSR count). The number of amides is 2. The zero-order chi connectivity index (χ0) is 15.9. The van der Waals surface area contributed by atoms with Gasteiger partial charge in [-0.2, -0.15) is 0 Å². The van der Waals surface area contributed by atoms with E-state index in [0.717, 1.165) is 18.8 Å². The Labute approximate surface area is 132 Å². The van der Waals surface area contributed by atoms with Gasteiger partial charge < -0.3 is 20.7 Å². The topological polar surface area (TPSA) is 84.7 Å². The number of carbonyl (C=O) groups is 2.